The molecule has 0 amide bonds. The van der Waals surface area contributed by atoms with Crippen molar-refractivity contribution in [1.29, 1.82) is 0 Å². The van der Waals surface area contributed by atoms with Crippen LogP contribution in [0.3, 0.4) is 0 Å². The van der Waals surface area contributed by atoms with Crippen LogP contribution in [0.4, 0.5) is 5.69 Å². The van der Waals surface area contributed by atoms with Crippen molar-refractivity contribution in [2.24, 2.45) is 11.7 Å². The third-order valence-corrected chi connectivity index (χ3v) is 3.61. The molecule has 0 radical (unpaired) electrons. The fraction of sp³-hybridized carbons (Fsp3) is 0.500. The molecule has 0 aliphatic carbocycles. The van der Waals surface area contributed by atoms with Crippen LogP contribution in [0.15, 0.2) is 22.7 Å². The van der Waals surface area contributed by atoms with E-state index in [0.29, 0.717) is 24.1 Å². The van der Waals surface area contributed by atoms with Gasteiger partial charge < -0.3 is 15.8 Å². The number of hydrogen-bond donors (Lipinski definition) is 2. The van der Waals surface area contributed by atoms with Crippen molar-refractivity contribution >= 4 is 38.8 Å². The summed E-state index contributed by atoms with van der Waals surface area (Å²) in [6.45, 7) is 7.70. The van der Waals surface area contributed by atoms with Crippen molar-refractivity contribution in [3.63, 3.8) is 0 Å². The maximum Gasteiger partial charge on any atom is 0.106 e. The summed E-state index contributed by atoms with van der Waals surface area (Å²) < 4.78 is 6.52. The first-order valence-corrected chi connectivity index (χ1v) is 7.59. The third kappa shape index (κ3) is 5.09. The second kappa shape index (κ2) is 7.82. The minimum Gasteiger partial charge on any atom is -0.389 e. The molecule has 0 fully saturated rings. The van der Waals surface area contributed by atoms with Crippen LogP contribution in [-0.4, -0.2) is 24.2 Å². The molecular weight excluding hydrogens is 324 g/mol. The van der Waals surface area contributed by atoms with E-state index in [9.17, 15) is 0 Å². The van der Waals surface area contributed by atoms with Crippen molar-refractivity contribution in [3.05, 3.63) is 28.2 Å². The van der Waals surface area contributed by atoms with Gasteiger partial charge in [-0.25, -0.2) is 0 Å². The van der Waals surface area contributed by atoms with Crippen LogP contribution >= 0.6 is 28.1 Å². The lowest BCUT2D eigenvalue weighted by molar-refractivity contribution is 0.127. The third-order valence-electron chi connectivity index (χ3n) is 2.89. The number of anilines is 1. The normalized spacial score (nSPS) is 12.5. The predicted molar refractivity (Wildman–Crippen MR) is 88.8 cm³/mol. The highest BCUT2D eigenvalue weighted by Gasteiger charge is 2.16. The minimum atomic E-state index is 0.224. The van der Waals surface area contributed by atoms with E-state index in [-0.39, 0.29) is 6.04 Å². The SMILES string of the molecule is CCOCC(Nc1cc(Br)ccc1C(N)=S)C(C)C. The van der Waals surface area contributed by atoms with Crippen molar-refractivity contribution in [2.75, 3.05) is 18.5 Å². The second-order valence-corrected chi connectivity index (χ2v) is 6.06. The number of ether oxygens (including phenoxy) is 1. The Kier molecular flexibility index (Phi) is 6.75. The zero-order valence-corrected chi connectivity index (χ0v) is 14.0. The molecule has 1 rings (SSSR count). The molecule has 0 spiro atoms. The molecule has 0 aromatic heterocycles. The van der Waals surface area contributed by atoms with E-state index >= 15 is 0 Å². The Labute approximate surface area is 129 Å². The molecule has 3 nitrogen and oxygen atoms in total. The molecule has 0 aliphatic rings. The average Bonchev–Trinajstić information content (AvgIpc) is 2.33. The lowest BCUT2D eigenvalue weighted by atomic mass is 10.0. The molecule has 106 valence electrons. The van der Waals surface area contributed by atoms with Crippen molar-refractivity contribution in [3.8, 4) is 0 Å². The zero-order valence-electron chi connectivity index (χ0n) is 11.6. The first-order chi connectivity index (χ1) is 8.95. The van der Waals surface area contributed by atoms with Gasteiger partial charge in [0.05, 0.1) is 12.6 Å². The van der Waals surface area contributed by atoms with Crippen molar-refractivity contribution in [1.82, 2.24) is 0 Å². The smallest absolute Gasteiger partial charge is 0.106 e. The summed E-state index contributed by atoms with van der Waals surface area (Å²) in [5.74, 6) is 0.449. The number of nitrogens with two attached hydrogens (primary N) is 1. The van der Waals surface area contributed by atoms with Gasteiger partial charge in [0.15, 0.2) is 0 Å². The molecule has 1 aromatic carbocycles. The minimum absolute atomic E-state index is 0.224. The monoisotopic (exact) mass is 344 g/mol. The number of hydrogen-bond acceptors (Lipinski definition) is 3. The van der Waals surface area contributed by atoms with Gasteiger partial charge in [0.2, 0.25) is 0 Å². The Hall–Kier alpha value is -0.650. The van der Waals surface area contributed by atoms with E-state index in [4.69, 9.17) is 22.7 Å². The Morgan fingerprint density at radius 3 is 2.68 bits per heavy atom. The Balaban J connectivity index is 2.94. The molecule has 0 heterocycles. The van der Waals surface area contributed by atoms with Crippen LogP contribution in [-0.2, 0) is 4.74 Å². The molecule has 0 bridgehead atoms. The summed E-state index contributed by atoms with van der Waals surface area (Å²) >= 11 is 8.56. The number of nitrogens with one attached hydrogen (secondary N) is 1. The van der Waals surface area contributed by atoms with E-state index in [1.165, 1.54) is 0 Å². The van der Waals surface area contributed by atoms with Gasteiger partial charge in [0.25, 0.3) is 0 Å². The average molecular weight is 345 g/mol. The van der Waals surface area contributed by atoms with E-state index in [1.54, 1.807) is 0 Å². The van der Waals surface area contributed by atoms with Gasteiger partial charge >= 0.3 is 0 Å². The van der Waals surface area contributed by atoms with Crippen LogP contribution in [0.2, 0.25) is 0 Å². The number of rotatable bonds is 7. The van der Waals surface area contributed by atoms with Gasteiger partial charge in [-0.3, -0.25) is 0 Å². The first kappa shape index (κ1) is 16.4. The molecule has 1 unspecified atom stereocenters. The van der Waals surface area contributed by atoms with E-state index < -0.39 is 0 Å². The van der Waals surface area contributed by atoms with Crippen LogP contribution in [0, 0.1) is 5.92 Å². The summed E-state index contributed by atoms with van der Waals surface area (Å²) in [5.41, 5.74) is 7.57. The highest BCUT2D eigenvalue weighted by Crippen LogP contribution is 2.23. The van der Waals surface area contributed by atoms with Crippen LogP contribution in [0.25, 0.3) is 0 Å². The first-order valence-electron chi connectivity index (χ1n) is 6.39. The van der Waals surface area contributed by atoms with Gasteiger partial charge in [0.1, 0.15) is 4.99 Å². The number of halogens is 1. The lowest BCUT2D eigenvalue weighted by Crippen LogP contribution is -2.32. The summed E-state index contributed by atoms with van der Waals surface area (Å²) in [6, 6.07) is 6.08. The van der Waals surface area contributed by atoms with Gasteiger partial charge in [-0.1, -0.05) is 42.0 Å². The molecule has 0 saturated heterocycles. The van der Waals surface area contributed by atoms with Crippen LogP contribution in [0.1, 0.15) is 26.3 Å². The Bertz CT molecular complexity index is 437. The number of benzene rings is 1. The highest BCUT2D eigenvalue weighted by atomic mass is 79.9. The molecule has 19 heavy (non-hydrogen) atoms. The topological polar surface area (TPSA) is 47.3 Å². The predicted octanol–water partition coefficient (Wildman–Crippen LogP) is 3.56. The molecule has 1 atom stereocenters. The molecule has 3 N–H and O–H groups in total. The van der Waals surface area contributed by atoms with E-state index in [2.05, 4.69) is 35.1 Å². The van der Waals surface area contributed by atoms with Crippen molar-refractivity contribution in [2.45, 2.75) is 26.8 Å². The lowest BCUT2D eigenvalue weighted by Gasteiger charge is -2.24. The molecule has 1 aromatic rings. The quantitative estimate of drug-likeness (QED) is 0.742. The molecule has 0 saturated carbocycles. The number of thiocarbonyl (C=S) groups is 1. The maximum absolute atomic E-state index is 5.76. The van der Waals surface area contributed by atoms with Gasteiger partial charge in [-0.2, -0.15) is 0 Å². The Morgan fingerprint density at radius 1 is 1.47 bits per heavy atom. The summed E-state index contributed by atoms with van der Waals surface area (Å²) in [7, 11) is 0. The largest absolute Gasteiger partial charge is 0.389 e. The maximum atomic E-state index is 5.76. The fourth-order valence-electron chi connectivity index (χ4n) is 1.70. The zero-order chi connectivity index (χ0) is 14.4. The van der Waals surface area contributed by atoms with E-state index in [1.807, 2.05) is 25.1 Å². The molecule has 5 heteroatoms. The van der Waals surface area contributed by atoms with E-state index in [0.717, 1.165) is 15.7 Å². The van der Waals surface area contributed by atoms with Gasteiger partial charge in [0, 0.05) is 22.3 Å². The summed E-state index contributed by atoms with van der Waals surface area (Å²) in [5, 5.41) is 3.48. The highest BCUT2D eigenvalue weighted by molar-refractivity contribution is 9.10. The summed E-state index contributed by atoms with van der Waals surface area (Å²) in [4.78, 5) is 0.397. The standard InChI is InChI=1S/C14H21BrN2OS/c1-4-18-8-13(9(2)3)17-12-7-10(15)5-6-11(12)14(16)19/h5-7,9,13,17H,4,8H2,1-3H3,(H2,16,19). The fourth-order valence-corrected chi connectivity index (χ4v) is 2.24. The Morgan fingerprint density at radius 2 is 2.16 bits per heavy atom. The van der Waals surface area contributed by atoms with Gasteiger partial charge in [-0.05, 0) is 31.0 Å². The summed E-state index contributed by atoms with van der Waals surface area (Å²) in [6.07, 6.45) is 0. The van der Waals surface area contributed by atoms with Crippen LogP contribution < -0.4 is 11.1 Å². The van der Waals surface area contributed by atoms with Gasteiger partial charge in [-0.15, -0.1) is 0 Å². The molecular formula is C14H21BrN2OS. The van der Waals surface area contributed by atoms with Crippen molar-refractivity contribution < 1.29 is 4.74 Å². The molecule has 0 aliphatic heterocycles. The van der Waals surface area contributed by atoms with Crippen LogP contribution in [0.5, 0.6) is 0 Å². The second-order valence-electron chi connectivity index (χ2n) is 4.71.